The van der Waals surface area contributed by atoms with E-state index in [1.165, 1.54) is 25.0 Å². The molecule has 5 aliphatic heterocycles. The molecule has 4 fully saturated rings. The fourth-order valence-corrected chi connectivity index (χ4v) is 5.41. The van der Waals surface area contributed by atoms with Crippen LogP contribution in [0.4, 0.5) is 5.69 Å². The van der Waals surface area contributed by atoms with E-state index in [2.05, 4.69) is 10.1 Å². The van der Waals surface area contributed by atoms with Crippen LogP contribution in [0.3, 0.4) is 0 Å². The normalized spacial score (nSPS) is 38.5. The number of anilines is 1. The maximum atomic E-state index is 12.9. The molecule has 0 spiro atoms. The third kappa shape index (κ3) is 2.66. The fraction of sp³-hybridized carbons (Fsp3) is 0.500. The van der Waals surface area contributed by atoms with Gasteiger partial charge < -0.3 is 0 Å². The lowest BCUT2D eigenvalue weighted by molar-refractivity contribution is -1.30. The lowest BCUT2D eigenvalue weighted by Gasteiger charge is -2.48. The highest BCUT2D eigenvalue weighted by molar-refractivity contribution is 6.31. The molecule has 8 heteroatoms. The van der Waals surface area contributed by atoms with E-state index in [-0.39, 0.29) is 17.4 Å². The first-order chi connectivity index (χ1) is 12.5. The Balaban J connectivity index is 1.37. The van der Waals surface area contributed by atoms with E-state index in [9.17, 15) is 4.79 Å². The predicted molar refractivity (Wildman–Crippen MR) is 97.4 cm³/mol. The number of quaternary nitrogens is 3. The Morgan fingerprint density at radius 1 is 1.23 bits per heavy atom. The second-order valence-corrected chi connectivity index (χ2v) is 8.69. The summed E-state index contributed by atoms with van der Waals surface area (Å²) < 4.78 is 0. The number of benzene rings is 1. The lowest BCUT2D eigenvalue weighted by Crippen LogP contribution is -3.58. The number of carbonyl (C=O) groups is 1. The number of halogens is 1. The summed E-state index contributed by atoms with van der Waals surface area (Å²) in [5.41, 5.74) is 1.65. The first-order valence-corrected chi connectivity index (χ1v) is 9.66. The summed E-state index contributed by atoms with van der Waals surface area (Å²) in [7, 11) is 0. The Kier molecular flexibility index (Phi) is 3.69. The highest BCUT2D eigenvalue weighted by Gasteiger charge is 2.61. The molecule has 26 heavy (non-hydrogen) atoms. The van der Waals surface area contributed by atoms with Gasteiger partial charge in [-0.25, -0.2) is 19.7 Å². The van der Waals surface area contributed by atoms with Crippen LogP contribution in [-0.2, 0) is 4.79 Å². The molecule has 0 saturated carbocycles. The molecule has 1 atom stereocenters. The number of hydrogen-bond donors (Lipinski definition) is 4. The Labute approximate surface area is 157 Å². The minimum Gasteiger partial charge on any atom is -0.271 e. The molecule has 7 nitrogen and oxygen atoms in total. The molecule has 5 aliphatic rings. The average molecular weight is 377 g/mol. The van der Waals surface area contributed by atoms with Crippen molar-refractivity contribution in [2.45, 2.75) is 12.5 Å². The number of hydrogen-bond acceptors (Lipinski definition) is 2. The van der Waals surface area contributed by atoms with Crippen molar-refractivity contribution in [1.29, 1.82) is 0 Å². The second-order valence-electron chi connectivity index (χ2n) is 8.25. The minimum atomic E-state index is -0.318. The van der Waals surface area contributed by atoms with Crippen LogP contribution in [0.2, 0.25) is 5.02 Å². The van der Waals surface area contributed by atoms with Gasteiger partial charge in [0, 0.05) is 5.02 Å². The number of amides is 1. The monoisotopic (exact) mass is 376 g/mol. The summed E-state index contributed by atoms with van der Waals surface area (Å²) in [6.07, 6.45) is 1.99. The first kappa shape index (κ1) is 16.4. The van der Waals surface area contributed by atoms with E-state index < -0.39 is 0 Å². The molecule has 4 N–H and O–H groups in total. The maximum Gasteiger partial charge on any atom is 0.306 e. The second kappa shape index (κ2) is 5.85. The van der Waals surface area contributed by atoms with Gasteiger partial charge >= 0.3 is 5.54 Å². The average Bonchev–Trinajstić information content (AvgIpc) is 2.86. The molecule has 1 aromatic rings. The SMILES string of the molecule is CC1=NN(c2cccc(Cl)c2)C(=O)[C@@H]1C=[NH+]C12C[NH+]3C[NH+](C[NH+](C3)C1)C2. The Hall–Kier alpha value is -1.80. The summed E-state index contributed by atoms with van der Waals surface area (Å²) in [6, 6.07) is 7.27. The molecular weight excluding hydrogens is 352 g/mol. The summed E-state index contributed by atoms with van der Waals surface area (Å²) in [6.45, 7) is 9.06. The molecule has 0 aliphatic carbocycles. The van der Waals surface area contributed by atoms with Gasteiger partial charge in [-0.05, 0) is 25.1 Å². The van der Waals surface area contributed by atoms with Gasteiger partial charge in [-0.3, -0.25) is 4.79 Å². The molecule has 1 aromatic carbocycles. The lowest BCUT2D eigenvalue weighted by atomic mass is 9.91. The maximum absolute atomic E-state index is 12.9. The van der Waals surface area contributed by atoms with Crippen LogP contribution in [0.15, 0.2) is 29.4 Å². The molecule has 4 saturated heterocycles. The van der Waals surface area contributed by atoms with Crippen molar-refractivity contribution in [2.24, 2.45) is 11.0 Å². The van der Waals surface area contributed by atoms with Gasteiger partial charge in [-0.1, -0.05) is 17.7 Å². The predicted octanol–water partition coefficient (Wildman–Crippen LogP) is -4.86. The van der Waals surface area contributed by atoms with Crippen molar-refractivity contribution in [2.75, 3.05) is 44.6 Å². The van der Waals surface area contributed by atoms with E-state index in [4.69, 9.17) is 11.6 Å². The molecule has 6 rings (SSSR count). The summed E-state index contributed by atoms with van der Waals surface area (Å²) in [5.74, 6) is -0.336. The van der Waals surface area contributed by atoms with Crippen molar-refractivity contribution >= 4 is 35.1 Å². The zero-order valence-electron chi connectivity index (χ0n) is 14.9. The van der Waals surface area contributed by atoms with Gasteiger partial charge in [0.25, 0.3) is 5.91 Å². The summed E-state index contributed by atoms with van der Waals surface area (Å²) in [4.78, 5) is 21.6. The number of nitrogens with zero attached hydrogens (tertiary/aromatic N) is 2. The number of rotatable bonds is 3. The Morgan fingerprint density at radius 2 is 1.88 bits per heavy atom. The first-order valence-electron chi connectivity index (χ1n) is 9.28. The number of hydrazone groups is 1. The van der Waals surface area contributed by atoms with Crippen LogP contribution in [0, 0.1) is 5.92 Å². The molecule has 0 aromatic heterocycles. The number of nitrogens with one attached hydrogen (secondary N) is 4. The molecule has 0 radical (unpaired) electrons. The van der Waals surface area contributed by atoms with Gasteiger partial charge in [0.1, 0.15) is 0 Å². The third-order valence-corrected chi connectivity index (χ3v) is 6.29. The van der Waals surface area contributed by atoms with Crippen molar-refractivity contribution in [3.05, 3.63) is 29.3 Å². The van der Waals surface area contributed by atoms with E-state index in [0.717, 1.165) is 25.3 Å². The van der Waals surface area contributed by atoms with Crippen molar-refractivity contribution in [3.8, 4) is 0 Å². The van der Waals surface area contributed by atoms with Crippen molar-refractivity contribution in [1.82, 2.24) is 0 Å². The van der Waals surface area contributed by atoms with Crippen LogP contribution < -0.4 is 24.7 Å². The van der Waals surface area contributed by atoms with Gasteiger partial charge in [0.15, 0.2) is 31.8 Å². The molecule has 1 amide bonds. The van der Waals surface area contributed by atoms with Gasteiger partial charge in [0.2, 0.25) is 20.0 Å². The van der Waals surface area contributed by atoms with Gasteiger partial charge in [-0.15, -0.1) is 0 Å². The smallest absolute Gasteiger partial charge is 0.271 e. The molecule has 0 unspecified atom stereocenters. The zero-order chi connectivity index (χ0) is 17.9. The van der Waals surface area contributed by atoms with E-state index in [0.29, 0.717) is 10.7 Å². The zero-order valence-corrected chi connectivity index (χ0v) is 15.6. The minimum absolute atomic E-state index is 0.0186. The van der Waals surface area contributed by atoms with Gasteiger partial charge in [0.05, 0.1) is 11.4 Å². The topological polar surface area (TPSA) is 60.0 Å². The van der Waals surface area contributed by atoms with Crippen molar-refractivity contribution in [3.63, 3.8) is 0 Å². The van der Waals surface area contributed by atoms with E-state index in [1.807, 2.05) is 25.3 Å². The van der Waals surface area contributed by atoms with Crippen LogP contribution in [0.1, 0.15) is 6.92 Å². The highest BCUT2D eigenvalue weighted by atomic mass is 35.5. The van der Waals surface area contributed by atoms with Crippen LogP contribution in [0.25, 0.3) is 0 Å². The Morgan fingerprint density at radius 3 is 2.50 bits per heavy atom. The summed E-state index contributed by atoms with van der Waals surface area (Å²) >= 11 is 6.07. The number of carbonyl (C=O) groups excluding carboxylic acids is 1. The molecule has 4 bridgehead atoms. The molecular formula is C18H25ClN6O+4. The highest BCUT2D eigenvalue weighted by Crippen LogP contribution is 2.25. The third-order valence-electron chi connectivity index (χ3n) is 6.06. The van der Waals surface area contributed by atoms with Crippen molar-refractivity contribution < 1.29 is 24.5 Å². The molecule has 136 valence electrons. The largest absolute Gasteiger partial charge is 0.306 e. The Bertz CT molecular complexity index is 786. The summed E-state index contributed by atoms with van der Waals surface area (Å²) in [5, 5.41) is 6.56. The quantitative estimate of drug-likeness (QED) is 0.393. The van der Waals surface area contributed by atoms with E-state index >= 15 is 0 Å². The van der Waals surface area contributed by atoms with Crippen LogP contribution in [0.5, 0.6) is 0 Å². The molecule has 5 heterocycles. The van der Waals surface area contributed by atoms with Gasteiger partial charge in [-0.2, -0.15) is 10.1 Å². The fourth-order valence-electron chi connectivity index (χ4n) is 5.22. The van der Waals surface area contributed by atoms with Crippen LogP contribution >= 0.6 is 11.6 Å². The van der Waals surface area contributed by atoms with Crippen LogP contribution in [-0.4, -0.2) is 63.0 Å². The standard InChI is InChI=1S/C18H21ClN6O/c1-13-16(17(26)25(21-13)15-4-2-3-14(19)5-15)6-20-18-7-22-10-23(8-18)12-24(9-18)11-22/h2-6,16H,7-12H2,1H3/p+4/t16-/m1/s1. The van der Waals surface area contributed by atoms with E-state index in [1.54, 1.807) is 26.8 Å².